The van der Waals surface area contributed by atoms with Gasteiger partial charge in [0.05, 0.1) is 30.2 Å². The molecule has 3 rings (SSSR count). The molecule has 2 aromatic rings. The molecule has 0 radical (unpaired) electrons. The molecule has 1 N–H and O–H groups in total. The summed E-state index contributed by atoms with van der Waals surface area (Å²) in [7, 11) is 0. The minimum atomic E-state index is -0.922. The summed E-state index contributed by atoms with van der Waals surface area (Å²) in [4.78, 5) is 29.8. The molecule has 6 nitrogen and oxygen atoms in total. The van der Waals surface area contributed by atoms with Crippen LogP contribution in [0, 0.1) is 6.92 Å². The number of hydrogen-bond acceptors (Lipinski definition) is 4. The number of morpholine rings is 1. The Morgan fingerprint density at radius 3 is 2.96 bits per heavy atom. The first kappa shape index (κ1) is 15.4. The Morgan fingerprint density at radius 2 is 2.17 bits per heavy atom. The molecule has 120 valence electrons. The number of aliphatic carboxylic acids is 1. The van der Waals surface area contributed by atoms with Crippen LogP contribution >= 0.6 is 0 Å². The summed E-state index contributed by atoms with van der Waals surface area (Å²) in [5.74, 6) is -1.03. The maximum absolute atomic E-state index is 12.9. The zero-order valence-electron chi connectivity index (χ0n) is 12.9. The second kappa shape index (κ2) is 6.34. The summed E-state index contributed by atoms with van der Waals surface area (Å²) in [6.45, 7) is 2.97. The lowest BCUT2D eigenvalue weighted by atomic mass is 10.1. The first-order chi connectivity index (χ1) is 11.0. The lowest BCUT2D eigenvalue weighted by molar-refractivity contribution is -0.141. The van der Waals surface area contributed by atoms with Crippen LogP contribution in [0.1, 0.15) is 22.5 Å². The Labute approximate surface area is 133 Å². The number of aromatic nitrogens is 1. The molecule has 1 saturated heterocycles. The number of carboxylic acids is 1. The largest absolute Gasteiger partial charge is 0.481 e. The summed E-state index contributed by atoms with van der Waals surface area (Å²) in [6, 6.07) is 9.31. The molecule has 2 heterocycles. The van der Waals surface area contributed by atoms with Crippen molar-refractivity contribution in [1.29, 1.82) is 0 Å². The zero-order chi connectivity index (χ0) is 16.4. The van der Waals surface area contributed by atoms with E-state index < -0.39 is 12.1 Å². The number of ether oxygens (including phenoxy) is 1. The summed E-state index contributed by atoms with van der Waals surface area (Å²) in [5, 5.41) is 9.70. The molecule has 0 unspecified atom stereocenters. The monoisotopic (exact) mass is 314 g/mol. The van der Waals surface area contributed by atoms with Gasteiger partial charge in [0.15, 0.2) is 0 Å². The molecule has 0 saturated carbocycles. The first-order valence-electron chi connectivity index (χ1n) is 7.53. The predicted octanol–water partition coefficient (Wildman–Crippen LogP) is 1.86. The minimum Gasteiger partial charge on any atom is -0.481 e. The van der Waals surface area contributed by atoms with Gasteiger partial charge in [-0.1, -0.05) is 18.2 Å². The van der Waals surface area contributed by atoms with Crippen LogP contribution in [-0.4, -0.2) is 52.7 Å². The Morgan fingerprint density at radius 1 is 1.39 bits per heavy atom. The number of amides is 1. The highest BCUT2D eigenvalue weighted by molar-refractivity contribution is 6.06. The van der Waals surface area contributed by atoms with Crippen LogP contribution in [-0.2, 0) is 9.53 Å². The quantitative estimate of drug-likeness (QED) is 0.935. The van der Waals surface area contributed by atoms with Crippen molar-refractivity contribution >= 4 is 22.8 Å². The second-order valence-electron chi connectivity index (χ2n) is 5.67. The fraction of sp³-hybridized carbons (Fsp3) is 0.353. The fourth-order valence-electron chi connectivity index (χ4n) is 2.88. The predicted molar refractivity (Wildman–Crippen MR) is 84.4 cm³/mol. The third-order valence-corrected chi connectivity index (χ3v) is 3.90. The summed E-state index contributed by atoms with van der Waals surface area (Å²) in [6.07, 6.45) is -0.556. The van der Waals surface area contributed by atoms with E-state index in [0.29, 0.717) is 25.3 Å². The third kappa shape index (κ3) is 3.32. The number of carbonyl (C=O) groups excluding carboxylic acids is 1. The Kier molecular flexibility index (Phi) is 4.25. The highest BCUT2D eigenvalue weighted by atomic mass is 16.5. The number of para-hydroxylation sites is 1. The molecule has 0 aliphatic carbocycles. The van der Waals surface area contributed by atoms with Crippen molar-refractivity contribution in [2.45, 2.75) is 19.4 Å². The smallest absolute Gasteiger partial charge is 0.306 e. The molecule has 1 aliphatic heterocycles. The SMILES string of the molecule is Cc1cc(C(=O)N2CCO[C@@H](CC(=O)O)C2)c2ccccc2n1. The Hall–Kier alpha value is -2.47. The first-order valence-corrected chi connectivity index (χ1v) is 7.53. The van der Waals surface area contributed by atoms with Gasteiger partial charge in [-0.2, -0.15) is 0 Å². The maximum atomic E-state index is 12.9. The molecule has 1 aromatic heterocycles. The number of nitrogens with zero attached hydrogens (tertiary/aromatic N) is 2. The van der Waals surface area contributed by atoms with Crippen molar-refractivity contribution in [3.8, 4) is 0 Å². The summed E-state index contributed by atoms with van der Waals surface area (Å²) in [5.41, 5.74) is 2.16. The number of fused-ring (bicyclic) bond motifs is 1. The number of rotatable bonds is 3. The van der Waals surface area contributed by atoms with Crippen LogP contribution in [0.3, 0.4) is 0 Å². The van der Waals surface area contributed by atoms with Crippen molar-refractivity contribution in [3.05, 3.63) is 41.6 Å². The van der Waals surface area contributed by atoms with Crippen molar-refractivity contribution in [2.24, 2.45) is 0 Å². The second-order valence-corrected chi connectivity index (χ2v) is 5.67. The van der Waals surface area contributed by atoms with E-state index in [9.17, 15) is 9.59 Å². The van der Waals surface area contributed by atoms with E-state index >= 15 is 0 Å². The third-order valence-electron chi connectivity index (χ3n) is 3.90. The van der Waals surface area contributed by atoms with Crippen LogP contribution in [0.5, 0.6) is 0 Å². The fourth-order valence-corrected chi connectivity index (χ4v) is 2.88. The van der Waals surface area contributed by atoms with Gasteiger partial charge in [0.1, 0.15) is 0 Å². The van der Waals surface area contributed by atoms with E-state index in [2.05, 4.69) is 4.98 Å². The molecule has 1 aliphatic rings. The van der Waals surface area contributed by atoms with Gasteiger partial charge in [0.2, 0.25) is 0 Å². The number of pyridine rings is 1. The van der Waals surface area contributed by atoms with Crippen LogP contribution < -0.4 is 0 Å². The number of carbonyl (C=O) groups is 2. The van der Waals surface area contributed by atoms with E-state index in [0.717, 1.165) is 16.6 Å². The van der Waals surface area contributed by atoms with Crippen LogP contribution in [0.25, 0.3) is 10.9 Å². The maximum Gasteiger partial charge on any atom is 0.306 e. The average molecular weight is 314 g/mol. The van der Waals surface area contributed by atoms with Gasteiger partial charge in [0, 0.05) is 24.2 Å². The Bertz CT molecular complexity index is 759. The van der Waals surface area contributed by atoms with E-state index in [-0.39, 0.29) is 12.3 Å². The van der Waals surface area contributed by atoms with Crippen molar-refractivity contribution in [3.63, 3.8) is 0 Å². The van der Waals surface area contributed by atoms with Gasteiger partial charge >= 0.3 is 5.97 Å². The Balaban J connectivity index is 1.89. The lowest BCUT2D eigenvalue weighted by Gasteiger charge is -2.32. The summed E-state index contributed by atoms with van der Waals surface area (Å²) >= 11 is 0. The van der Waals surface area contributed by atoms with E-state index in [1.807, 2.05) is 31.2 Å². The van der Waals surface area contributed by atoms with Gasteiger partial charge in [-0.05, 0) is 19.1 Å². The molecule has 1 aromatic carbocycles. The van der Waals surface area contributed by atoms with Crippen molar-refractivity contribution in [1.82, 2.24) is 9.88 Å². The molecule has 6 heteroatoms. The highest BCUT2D eigenvalue weighted by Gasteiger charge is 2.27. The van der Waals surface area contributed by atoms with Gasteiger partial charge in [0.25, 0.3) is 5.91 Å². The number of carboxylic acid groups (broad SMARTS) is 1. The molecular weight excluding hydrogens is 296 g/mol. The summed E-state index contributed by atoms with van der Waals surface area (Å²) < 4.78 is 5.43. The van der Waals surface area contributed by atoms with Gasteiger partial charge in [-0.15, -0.1) is 0 Å². The standard InChI is InChI=1S/C17H18N2O4/c1-11-8-14(13-4-2-3-5-15(13)18-11)17(22)19-6-7-23-12(10-19)9-16(20)21/h2-5,8,12H,6-7,9-10H2,1H3,(H,20,21)/t12-/m0/s1. The van der Waals surface area contributed by atoms with Gasteiger partial charge < -0.3 is 14.7 Å². The molecular formula is C17H18N2O4. The van der Waals surface area contributed by atoms with Crippen molar-refractivity contribution < 1.29 is 19.4 Å². The normalized spacial score (nSPS) is 18.1. The molecule has 1 amide bonds. The number of hydrogen-bond donors (Lipinski definition) is 1. The van der Waals surface area contributed by atoms with Crippen molar-refractivity contribution in [2.75, 3.05) is 19.7 Å². The van der Waals surface area contributed by atoms with E-state index in [1.165, 1.54) is 0 Å². The minimum absolute atomic E-state index is 0.0973. The topological polar surface area (TPSA) is 79.7 Å². The molecule has 23 heavy (non-hydrogen) atoms. The van der Waals surface area contributed by atoms with Gasteiger partial charge in [-0.25, -0.2) is 0 Å². The average Bonchev–Trinajstić information content (AvgIpc) is 2.53. The van der Waals surface area contributed by atoms with Crippen LogP contribution in [0.2, 0.25) is 0 Å². The molecule has 1 fully saturated rings. The van der Waals surface area contributed by atoms with E-state index in [1.54, 1.807) is 11.0 Å². The van der Waals surface area contributed by atoms with Crippen LogP contribution in [0.4, 0.5) is 0 Å². The number of aryl methyl sites for hydroxylation is 1. The zero-order valence-corrected chi connectivity index (χ0v) is 12.9. The van der Waals surface area contributed by atoms with Gasteiger partial charge in [-0.3, -0.25) is 14.6 Å². The molecule has 0 spiro atoms. The molecule has 0 bridgehead atoms. The number of benzene rings is 1. The highest BCUT2D eigenvalue weighted by Crippen LogP contribution is 2.21. The van der Waals surface area contributed by atoms with E-state index in [4.69, 9.17) is 9.84 Å². The lowest BCUT2D eigenvalue weighted by Crippen LogP contribution is -2.46. The molecule has 1 atom stereocenters. The van der Waals surface area contributed by atoms with Crippen LogP contribution in [0.15, 0.2) is 30.3 Å².